The summed E-state index contributed by atoms with van der Waals surface area (Å²) in [6.45, 7) is 15.0. The summed E-state index contributed by atoms with van der Waals surface area (Å²) in [6.07, 6.45) is 69.4. The molecule has 428 valence electrons. The quantitative estimate of drug-likeness (QED) is 0.0260. The number of rotatable bonds is 57. The summed E-state index contributed by atoms with van der Waals surface area (Å²) in [7, 11) is 0. The molecule has 1 aliphatic heterocycles. The summed E-state index contributed by atoms with van der Waals surface area (Å²) >= 11 is 0. The molecule has 1 heterocycles. The Bertz CT molecular complexity index is 1100. The predicted molar refractivity (Wildman–Crippen MR) is 315 cm³/mol. The summed E-state index contributed by atoms with van der Waals surface area (Å²) in [5, 5.41) is 0. The molecule has 1 fully saturated rings. The van der Waals surface area contributed by atoms with Gasteiger partial charge in [0.15, 0.2) is 12.6 Å². The van der Waals surface area contributed by atoms with Crippen molar-refractivity contribution < 1.29 is 28.5 Å². The van der Waals surface area contributed by atoms with Crippen LogP contribution in [-0.2, 0) is 28.5 Å². The van der Waals surface area contributed by atoms with E-state index in [1.807, 2.05) is 0 Å². The maximum atomic E-state index is 13.1. The highest BCUT2D eigenvalue weighted by Gasteiger charge is 2.16. The van der Waals surface area contributed by atoms with Crippen molar-refractivity contribution in [1.82, 2.24) is 4.90 Å². The average Bonchev–Trinajstić information content (AvgIpc) is 3.40. The molecule has 7 heteroatoms. The highest BCUT2D eigenvalue weighted by Crippen LogP contribution is 2.20. The van der Waals surface area contributed by atoms with Crippen molar-refractivity contribution in [3.8, 4) is 0 Å². The molecule has 73 heavy (non-hydrogen) atoms. The van der Waals surface area contributed by atoms with E-state index in [4.69, 9.17) is 23.7 Å². The number of nitrogens with zero attached hydrogens (tertiary/aromatic N) is 1. The van der Waals surface area contributed by atoms with Crippen LogP contribution in [0.5, 0.6) is 0 Å². The first-order valence-electron chi connectivity index (χ1n) is 32.1. The fourth-order valence-corrected chi connectivity index (χ4v) is 9.85. The highest BCUT2D eigenvalue weighted by atomic mass is 16.7. The predicted octanol–water partition coefficient (Wildman–Crippen LogP) is 20.0. The molecular formula is C66H123NO6. The van der Waals surface area contributed by atoms with Crippen LogP contribution in [0.25, 0.3) is 0 Å². The van der Waals surface area contributed by atoms with Crippen molar-refractivity contribution >= 4 is 5.97 Å². The van der Waals surface area contributed by atoms with E-state index in [1.165, 1.54) is 199 Å². The zero-order valence-corrected chi connectivity index (χ0v) is 49.1. The first kappa shape index (κ1) is 69.2. The lowest BCUT2D eigenvalue weighted by atomic mass is 10.0. The maximum Gasteiger partial charge on any atom is 0.306 e. The summed E-state index contributed by atoms with van der Waals surface area (Å²) in [5.41, 5.74) is 0. The van der Waals surface area contributed by atoms with Gasteiger partial charge in [0.1, 0.15) is 6.10 Å². The largest absolute Gasteiger partial charge is 0.462 e. The monoisotopic (exact) mass is 1030 g/mol. The number of hydrogen-bond donors (Lipinski definition) is 0. The van der Waals surface area contributed by atoms with Gasteiger partial charge in [-0.25, -0.2) is 0 Å². The van der Waals surface area contributed by atoms with E-state index in [-0.39, 0.29) is 24.7 Å². The van der Waals surface area contributed by atoms with E-state index >= 15 is 0 Å². The van der Waals surface area contributed by atoms with Gasteiger partial charge in [-0.1, -0.05) is 224 Å². The SMILES string of the molecule is CCCCCCC=CCOC(CCCCCCCCCC(CCCCCCCCCC(OCC=CCCCCCC)OCC=CCCCCCC)OC(=O)CCCN1CCCCC1)OCC=CCCCCCC. The van der Waals surface area contributed by atoms with Crippen LogP contribution in [0.3, 0.4) is 0 Å². The van der Waals surface area contributed by atoms with Crippen molar-refractivity contribution in [2.75, 3.05) is 46.1 Å². The minimum Gasteiger partial charge on any atom is -0.462 e. The summed E-state index contributed by atoms with van der Waals surface area (Å²) in [4.78, 5) is 15.6. The maximum absolute atomic E-state index is 13.1. The lowest BCUT2D eigenvalue weighted by molar-refractivity contribution is -0.150. The van der Waals surface area contributed by atoms with Gasteiger partial charge in [0, 0.05) is 6.42 Å². The molecule has 0 saturated carbocycles. The van der Waals surface area contributed by atoms with Gasteiger partial charge in [0.25, 0.3) is 0 Å². The van der Waals surface area contributed by atoms with Gasteiger partial charge in [-0.05, 0) is 142 Å². The Kier molecular flexibility index (Phi) is 54.9. The Morgan fingerprint density at radius 2 is 0.685 bits per heavy atom. The summed E-state index contributed by atoms with van der Waals surface area (Å²) in [6, 6.07) is 0. The Labute approximate surface area is 454 Å². The average molecular weight is 1030 g/mol. The number of allylic oxidation sites excluding steroid dienone is 4. The molecule has 0 amide bonds. The van der Waals surface area contributed by atoms with E-state index in [0.29, 0.717) is 32.8 Å². The Morgan fingerprint density at radius 3 is 1.03 bits per heavy atom. The molecule has 0 N–H and O–H groups in total. The Balaban J connectivity index is 2.47. The molecular weight excluding hydrogens is 903 g/mol. The Morgan fingerprint density at radius 1 is 0.370 bits per heavy atom. The van der Waals surface area contributed by atoms with E-state index in [2.05, 4.69) is 81.2 Å². The van der Waals surface area contributed by atoms with Crippen LogP contribution >= 0.6 is 0 Å². The molecule has 0 aromatic heterocycles. The van der Waals surface area contributed by atoms with Crippen molar-refractivity contribution in [1.29, 1.82) is 0 Å². The summed E-state index contributed by atoms with van der Waals surface area (Å²) < 4.78 is 31.1. The molecule has 0 aromatic rings. The third kappa shape index (κ3) is 50.8. The molecule has 0 atom stereocenters. The zero-order valence-electron chi connectivity index (χ0n) is 49.1. The van der Waals surface area contributed by atoms with Crippen LogP contribution in [-0.4, -0.2) is 75.6 Å². The van der Waals surface area contributed by atoms with Crippen LogP contribution in [0.15, 0.2) is 48.6 Å². The second-order valence-corrected chi connectivity index (χ2v) is 21.7. The fourth-order valence-electron chi connectivity index (χ4n) is 9.85. The number of ether oxygens (including phenoxy) is 5. The zero-order chi connectivity index (χ0) is 52.4. The molecule has 7 nitrogen and oxygen atoms in total. The number of unbranched alkanes of at least 4 members (excludes halogenated alkanes) is 28. The van der Waals surface area contributed by atoms with Gasteiger partial charge in [0.2, 0.25) is 0 Å². The molecule has 0 bridgehead atoms. The van der Waals surface area contributed by atoms with Crippen LogP contribution in [0, 0.1) is 0 Å². The summed E-state index contributed by atoms with van der Waals surface area (Å²) in [5.74, 6) is 0.0215. The molecule has 0 aromatic carbocycles. The lowest BCUT2D eigenvalue weighted by Crippen LogP contribution is -2.31. The van der Waals surface area contributed by atoms with Gasteiger partial charge in [-0.15, -0.1) is 0 Å². The highest BCUT2D eigenvalue weighted by molar-refractivity contribution is 5.69. The van der Waals surface area contributed by atoms with Crippen molar-refractivity contribution in [2.24, 2.45) is 0 Å². The smallest absolute Gasteiger partial charge is 0.306 e. The van der Waals surface area contributed by atoms with Gasteiger partial charge >= 0.3 is 5.97 Å². The van der Waals surface area contributed by atoms with Crippen molar-refractivity contribution in [2.45, 2.75) is 322 Å². The molecule has 1 aliphatic rings. The Hall–Kier alpha value is -1.77. The van der Waals surface area contributed by atoms with Crippen molar-refractivity contribution in [3.05, 3.63) is 48.6 Å². The number of likely N-dealkylation sites (tertiary alicyclic amines) is 1. The number of hydrogen-bond acceptors (Lipinski definition) is 7. The molecule has 1 rings (SSSR count). The standard InChI is InChI=1S/C66H123NO6/c1-5-9-13-17-27-35-46-59-69-65(70-60-47-36-28-18-14-10-6-2)54-42-33-25-21-23-31-40-51-63(73-64(68)53-50-58-67-56-44-39-45-57-67)52-41-32-24-22-26-34-43-55-66(71-61-48-37-29-19-15-11-7-3)72-62-49-38-30-20-16-12-8-4/h35-38,46-49,63,65-66H,5-34,39-45,50-62H2,1-4H3. The number of carbonyl (C=O) groups is 1. The number of carbonyl (C=O) groups excluding carboxylic acids is 1. The molecule has 1 saturated heterocycles. The molecule has 0 aliphatic carbocycles. The third-order valence-corrected chi connectivity index (χ3v) is 14.6. The molecule has 0 unspecified atom stereocenters. The lowest BCUT2D eigenvalue weighted by Gasteiger charge is -2.26. The molecule has 0 radical (unpaired) electrons. The van der Waals surface area contributed by atoms with E-state index in [9.17, 15) is 4.79 Å². The van der Waals surface area contributed by atoms with E-state index < -0.39 is 0 Å². The van der Waals surface area contributed by atoms with Crippen LogP contribution < -0.4 is 0 Å². The normalized spacial score (nSPS) is 15.0. The van der Waals surface area contributed by atoms with Crippen LogP contribution in [0.2, 0.25) is 0 Å². The minimum absolute atomic E-state index is 0.0215. The molecule has 0 spiro atoms. The van der Waals surface area contributed by atoms with Gasteiger partial charge in [0.05, 0.1) is 26.4 Å². The second kappa shape index (κ2) is 57.9. The minimum atomic E-state index is -0.132. The van der Waals surface area contributed by atoms with Gasteiger partial charge < -0.3 is 28.6 Å². The van der Waals surface area contributed by atoms with Crippen LogP contribution in [0.1, 0.15) is 304 Å². The van der Waals surface area contributed by atoms with Crippen LogP contribution in [0.4, 0.5) is 0 Å². The van der Waals surface area contributed by atoms with Crippen molar-refractivity contribution in [3.63, 3.8) is 0 Å². The third-order valence-electron chi connectivity index (χ3n) is 14.6. The fraction of sp³-hybridized carbons (Fsp3) is 0.864. The van der Waals surface area contributed by atoms with Gasteiger partial charge in [-0.2, -0.15) is 0 Å². The van der Waals surface area contributed by atoms with E-state index in [1.54, 1.807) is 0 Å². The van der Waals surface area contributed by atoms with E-state index in [0.717, 1.165) is 90.0 Å². The van der Waals surface area contributed by atoms with Gasteiger partial charge in [-0.3, -0.25) is 4.79 Å². The topological polar surface area (TPSA) is 66.5 Å². The second-order valence-electron chi connectivity index (χ2n) is 21.7. The number of esters is 1. The first-order valence-corrected chi connectivity index (χ1v) is 32.1. The first-order chi connectivity index (χ1) is 36.1. The number of piperidine rings is 1.